The number of hydrogen-bond acceptors (Lipinski definition) is 4. The SMILES string of the molecule is C/C(O)=C/C(=O)CCc1ccccc1-c1cc(-c2ccccc2-c2c[c-]c(-c3ccccn3)cc2)cc(-c2ccccc2-c2c[c-]c(-c3ccccn3)cc2)c1.[Ir]. The van der Waals surface area contributed by atoms with Crippen LogP contribution in [-0.2, 0) is 31.3 Å². The van der Waals surface area contributed by atoms with Crippen molar-refractivity contribution in [3.63, 3.8) is 0 Å². The molecule has 0 atom stereocenters. The number of nitrogens with zero attached hydrogens (tertiary/aromatic N) is 2. The molecular formula is C52H38IrN2O2-2. The third kappa shape index (κ3) is 8.98. The van der Waals surface area contributed by atoms with E-state index in [1.165, 1.54) is 13.0 Å². The molecule has 57 heavy (non-hydrogen) atoms. The van der Waals surface area contributed by atoms with Gasteiger partial charge in [0.15, 0.2) is 5.78 Å². The van der Waals surface area contributed by atoms with Crippen molar-refractivity contribution in [2.24, 2.45) is 0 Å². The van der Waals surface area contributed by atoms with E-state index >= 15 is 0 Å². The maximum atomic E-state index is 12.7. The molecule has 279 valence electrons. The van der Waals surface area contributed by atoms with E-state index in [9.17, 15) is 9.90 Å². The van der Waals surface area contributed by atoms with Gasteiger partial charge in [0.1, 0.15) is 0 Å². The van der Waals surface area contributed by atoms with Crippen LogP contribution >= 0.6 is 0 Å². The first-order valence-electron chi connectivity index (χ1n) is 18.7. The molecule has 1 N–H and O–H groups in total. The molecule has 0 amide bonds. The number of carbonyl (C=O) groups is 1. The number of ketones is 1. The summed E-state index contributed by atoms with van der Waals surface area (Å²) >= 11 is 0. The van der Waals surface area contributed by atoms with Gasteiger partial charge in [-0.2, -0.15) is 0 Å². The van der Waals surface area contributed by atoms with Gasteiger partial charge in [-0.25, -0.2) is 0 Å². The maximum absolute atomic E-state index is 12.7. The maximum Gasteiger partial charge on any atom is 0.159 e. The smallest absolute Gasteiger partial charge is 0.159 e. The van der Waals surface area contributed by atoms with E-state index in [0.29, 0.717) is 12.8 Å². The molecule has 0 fully saturated rings. The van der Waals surface area contributed by atoms with E-state index in [0.717, 1.165) is 83.7 Å². The molecule has 4 nitrogen and oxygen atoms in total. The molecule has 0 saturated carbocycles. The molecule has 0 bridgehead atoms. The Kier molecular flexibility index (Phi) is 12.2. The molecule has 2 heterocycles. The number of carbonyl (C=O) groups excluding carboxylic acids is 1. The molecule has 2 aromatic heterocycles. The number of hydrogen-bond donors (Lipinski definition) is 1. The summed E-state index contributed by atoms with van der Waals surface area (Å²) in [6, 6.07) is 63.3. The third-order valence-corrected chi connectivity index (χ3v) is 9.88. The van der Waals surface area contributed by atoms with E-state index < -0.39 is 0 Å². The number of aliphatic hydroxyl groups is 1. The Hall–Kier alpha value is -6.52. The summed E-state index contributed by atoms with van der Waals surface area (Å²) in [4.78, 5) is 21.7. The number of benzene rings is 6. The second-order valence-electron chi connectivity index (χ2n) is 13.7. The van der Waals surface area contributed by atoms with Gasteiger partial charge in [-0.1, -0.05) is 119 Å². The van der Waals surface area contributed by atoms with Crippen molar-refractivity contribution in [1.29, 1.82) is 0 Å². The molecule has 6 aromatic carbocycles. The Bertz CT molecular complexity index is 2510. The van der Waals surface area contributed by atoms with Gasteiger partial charge in [0.05, 0.1) is 5.76 Å². The standard InChI is InChI=1S/C52H38N2O2.Ir/c1-36(55)32-45(56)29-28-37-12-2-3-13-46(37)42-33-43(49-16-6-4-14-47(49)38-20-24-40(25-21-38)51-18-8-10-30-53-51)35-44(34-42)50-17-7-5-15-48(50)39-22-26-41(27-23-39)52-19-9-11-31-54-52;/h2-24,26,30-35,55H,28-29H2,1H3;/q-2;/b36-32-;. The van der Waals surface area contributed by atoms with Gasteiger partial charge in [-0.3, -0.25) is 4.79 Å². The molecule has 8 rings (SSSR count). The fourth-order valence-corrected chi connectivity index (χ4v) is 7.20. The minimum Gasteiger partial charge on any atom is -0.512 e. The molecule has 5 heteroatoms. The van der Waals surface area contributed by atoms with Crippen molar-refractivity contribution in [3.8, 4) is 78.1 Å². The van der Waals surface area contributed by atoms with Crippen LogP contribution in [0.2, 0.25) is 0 Å². The van der Waals surface area contributed by atoms with Gasteiger partial charge in [0.2, 0.25) is 0 Å². The van der Waals surface area contributed by atoms with Crippen LogP contribution in [0, 0.1) is 12.1 Å². The van der Waals surface area contributed by atoms with E-state index in [1.807, 2.05) is 60.7 Å². The summed E-state index contributed by atoms with van der Waals surface area (Å²) in [5.41, 5.74) is 15.5. The molecular weight excluding hydrogens is 877 g/mol. The van der Waals surface area contributed by atoms with Crippen molar-refractivity contribution in [1.82, 2.24) is 9.97 Å². The molecule has 0 aliphatic rings. The average Bonchev–Trinajstić information content (AvgIpc) is 3.26. The van der Waals surface area contributed by atoms with Crippen LogP contribution in [0.4, 0.5) is 0 Å². The average molecular weight is 915 g/mol. The summed E-state index contributed by atoms with van der Waals surface area (Å²) < 4.78 is 0. The molecule has 1 radical (unpaired) electrons. The first-order chi connectivity index (χ1) is 27.5. The van der Waals surface area contributed by atoms with Crippen LogP contribution in [-0.4, -0.2) is 20.9 Å². The number of allylic oxidation sites excluding steroid dienone is 2. The van der Waals surface area contributed by atoms with Gasteiger partial charge < -0.3 is 15.1 Å². The quantitative estimate of drug-likeness (QED) is 0.0798. The Morgan fingerprint density at radius 1 is 0.544 bits per heavy atom. The zero-order valence-electron chi connectivity index (χ0n) is 31.3. The van der Waals surface area contributed by atoms with Crippen molar-refractivity contribution < 1.29 is 30.0 Å². The van der Waals surface area contributed by atoms with Crippen molar-refractivity contribution in [2.75, 3.05) is 0 Å². The van der Waals surface area contributed by atoms with E-state index in [4.69, 9.17) is 0 Å². The molecule has 0 unspecified atom stereocenters. The van der Waals surface area contributed by atoms with Crippen LogP contribution in [0.25, 0.3) is 78.1 Å². The van der Waals surface area contributed by atoms with Gasteiger partial charge >= 0.3 is 0 Å². The largest absolute Gasteiger partial charge is 0.512 e. The Labute approximate surface area is 347 Å². The summed E-state index contributed by atoms with van der Waals surface area (Å²) in [5, 5.41) is 9.70. The van der Waals surface area contributed by atoms with E-state index in [-0.39, 0.29) is 31.6 Å². The number of aliphatic hydroxyl groups excluding tert-OH is 1. The first-order valence-corrected chi connectivity index (χ1v) is 18.7. The zero-order valence-corrected chi connectivity index (χ0v) is 33.7. The van der Waals surface area contributed by atoms with Gasteiger partial charge in [0.25, 0.3) is 0 Å². The van der Waals surface area contributed by atoms with Gasteiger partial charge in [-0.05, 0) is 94.0 Å². The predicted molar refractivity (Wildman–Crippen MR) is 227 cm³/mol. The summed E-state index contributed by atoms with van der Waals surface area (Å²) in [6.45, 7) is 1.52. The van der Waals surface area contributed by atoms with E-state index in [2.05, 4.69) is 125 Å². The summed E-state index contributed by atoms with van der Waals surface area (Å²) in [5.74, 6) is -0.0836. The molecule has 0 spiro atoms. The monoisotopic (exact) mass is 915 g/mol. The van der Waals surface area contributed by atoms with Crippen molar-refractivity contribution in [3.05, 3.63) is 206 Å². The third-order valence-electron chi connectivity index (χ3n) is 9.88. The predicted octanol–water partition coefficient (Wildman–Crippen LogP) is 12.7. The molecule has 0 aliphatic heterocycles. The molecule has 0 aliphatic carbocycles. The summed E-state index contributed by atoms with van der Waals surface area (Å²) in [7, 11) is 0. The minimum absolute atomic E-state index is 0. The first kappa shape index (κ1) is 38.7. The minimum atomic E-state index is -0.103. The fraction of sp³-hybridized carbons (Fsp3) is 0.0577. The Morgan fingerprint density at radius 3 is 1.39 bits per heavy atom. The van der Waals surface area contributed by atoms with Gasteiger partial charge in [0, 0.05) is 45.0 Å². The Morgan fingerprint density at radius 2 is 0.965 bits per heavy atom. The van der Waals surface area contributed by atoms with Crippen LogP contribution in [0.15, 0.2) is 188 Å². The number of rotatable bonds is 11. The van der Waals surface area contributed by atoms with Crippen LogP contribution in [0.3, 0.4) is 0 Å². The van der Waals surface area contributed by atoms with Gasteiger partial charge in [-0.15, -0.1) is 59.7 Å². The van der Waals surface area contributed by atoms with Crippen LogP contribution in [0.1, 0.15) is 18.9 Å². The van der Waals surface area contributed by atoms with Crippen LogP contribution in [0.5, 0.6) is 0 Å². The topological polar surface area (TPSA) is 63.1 Å². The normalized spacial score (nSPS) is 11.1. The van der Waals surface area contributed by atoms with Crippen molar-refractivity contribution in [2.45, 2.75) is 19.8 Å². The second-order valence-corrected chi connectivity index (χ2v) is 13.7. The fourth-order valence-electron chi connectivity index (χ4n) is 7.20. The molecule has 8 aromatic rings. The Balaban J connectivity index is 0.00000496. The molecule has 0 saturated heterocycles. The van der Waals surface area contributed by atoms with Crippen molar-refractivity contribution >= 4 is 5.78 Å². The number of aromatic nitrogens is 2. The number of pyridine rings is 2. The summed E-state index contributed by atoms with van der Waals surface area (Å²) in [6.07, 6.45) is 5.74. The van der Waals surface area contributed by atoms with Crippen LogP contribution < -0.4 is 0 Å². The second kappa shape index (κ2) is 18.0. The zero-order chi connectivity index (χ0) is 38.3. The van der Waals surface area contributed by atoms with E-state index in [1.54, 1.807) is 12.4 Å². The number of aryl methyl sites for hydroxylation is 1.